The molecule has 146 valence electrons. The van der Waals surface area contributed by atoms with Gasteiger partial charge in [-0.3, -0.25) is 9.59 Å². The zero-order valence-electron chi connectivity index (χ0n) is 15.9. The van der Waals surface area contributed by atoms with Crippen LogP contribution in [0.25, 0.3) is 0 Å². The molecular weight excluding hydrogens is 368 g/mol. The Bertz CT molecular complexity index is 1080. The summed E-state index contributed by atoms with van der Waals surface area (Å²) >= 11 is 0. The average Bonchev–Trinajstić information content (AvgIpc) is 2.74. The summed E-state index contributed by atoms with van der Waals surface area (Å²) in [5.74, 6) is 0.644. The SMILES string of the molecule is Cc1cccc(C(=O)Nc2ccccc2C(=O)Nc2ccc3c(c2)OCCO3)c1. The summed E-state index contributed by atoms with van der Waals surface area (Å²) < 4.78 is 11.0. The van der Waals surface area contributed by atoms with Crippen LogP contribution >= 0.6 is 0 Å². The standard InChI is InChI=1S/C23H20N2O4/c1-15-5-4-6-16(13-15)22(26)25-19-8-3-2-7-18(19)23(27)24-17-9-10-20-21(14-17)29-12-11-28-20/h2-10,13-14H,11-12H2,1H3,(H,24,27)(H,25,26). The molecule has 1 heterocycles. The Morgan fingerprint density at radius 2 is 1.59 bits per heavy atom. The van der Waals surface area contributed by atoms with E-state index in [2.05, 4.69) is 10.6 Å². The molecule has 2 N–H and O–H groups in total. The third-order valence-corrected chi connectivity index (χ3v) is 4.50. The molecule has 0 unspecified atom stereocenters. The first kappa shape index (κ1) is 18.6. The van der Waals surface area contributed by atoms with Crippen molar-refractivity contribution in [1.82, 2.24) is 0 Å². The minimum atomic E-state index is -0.332. The number of ether oxygens (including phenoxy) is 2. The van der Waals surface area contributed by atoms with Crippen molar-refractivity contribution in [3.63, 3.8) is 0 Å². The summed E-state index contributed by atoms with van der Waals surface area (Å²) in [4.78, 5) is 25.4. The largest absolute Gasteiger partial charge is 0.486 e. The summed E-state index contributed by atoms with van der Waals surface area (Å²) in [7, 11) is 0. The van der Waals surface area contributed by atoms with Gasteiger partial charge in [0.25, 0.3) is 11.8 Å². The van der Waals surface area contributed by atoms with E-state index in [9.17, 15) is 9.59 Å². The highest BCUT2D eigenvalue weighted by Crippen LogP contribution is 2.33. The van der Waals surface area contributed by atoms with Gasteiger partial charge in [-0.15, -0.1) is 0 Å². The molecule has 3 aromatic rings. The first-order valence-electron chi connectivity index (χ1n) is 9.28. The number of aryl methyl sites for hydroxylation is 1. The van der Waals surface area contributed by atoms with Gasteiger partial charge in [-0.1, -0.05) is 29.8 Å². The number of rotatable bonds is 4. The van der Waals surface area contributed by atoms with Crippen LogP contribution in [0.2, 0.25) is 0 Å². The second kappa shape index (κ2) is 8.06. The maximum atomic E-state index is 12.8. The van der Waals surface area contributed by atoms with Gasteiger partial charge in [-0.05, 0) is 43.3 Å². The van der Waals surface area contributed by atoms with Crippen molar-refractivity contribution in [3.05, 3.63) is 83.4 Å². The van der Waals surface area contributed by atoms with Crippen molar-refractivity contribution >= 4 is 23.2 Å². The van der Waals surface area contributed by atoms with Crippen LogP contribution in [0.1, 0.15) is 26.3 Å². The topological polar surface area (TPSA) is 76.7 Å². The molecular formula is C23H20N2O4. The van der Waals surface area contributed by atoms with Crippen LogP contribution in [0.15, 0.2) is 66.7 Å². The fraction of sp³-hybridized carbons (Fsp3) is 0.130. The highest BCUT2D eigenvalue weighted by atomic mass is 16.6. The first-order chi connectivity index (χ1) is 14.1. The number of anilines is 2. The van der Waals surface area contributed by atoms with Crippen LogP contribution in [0, 0.1) is 6.92 Å². The van der Waals surface area contributed by atoms with Gasteiger partial charge in [-0.2, -0.15) is 0 Å². The second-order valence-corrected chi connectivity index (χ2v) is 6.68. The fourth-order valence-electron chi connectivity index (χ4n) is 3.09. The Kier molecular flexibility index (Phi) is 5.16. The number of carbonyl (C=O) groups is 2. The van der Waals surface area contributed by atoms with Gasteiger partial charge in [0.05, 0.1) is 11.3 Å². The van der Waals surface area contributed by atoms with E-state index < -0.39 is 0 Å². The van der Waals surface area contributed by atoms with E-state index >= 15 is 0 Å². The fourth-order valence-corrected chi connectivity index (χ4v) is 3.09. The van der Waals surface area contributed by atoms with Crippen molar-refractivity contribution in [2.24, 2.45) is 0 Å². The molecule has 1 aliphatic rings. The van der Waals surface area contributed by atoms with E-state index in [4.69, 9.17) is 9.47 Å². The van der Waals surface area contributed by atoms with E-state index in [1.807, 2.05) is 19.1 Å². The monoisotopic (exact) mass is 388 g/mol. The third-order valence-electron chi connectivity index (χ3n) is 4.50. The van der Waals surface area contributed by atoms with Gasteiger partial charge >= 0.3 is 0 Å². The molecule has 0 aromatic heterocycles. The number of hydrogen-bond donors (Lipinski definition) is 2. The van der Waals surface area contributed by atoms with Crippen LogP contribution < -0.4 is 20.1 Å². The number of carbonyl (C=O) groups excluding carboxylic acids is 2. The molecule has 29 heavy (non-hydrogen) atoms. The molecule has 0 aliphatic carbocycles. The van der Waals surface area contributed by atoms with Crippen LogP contribution in [-0.2, 0) is 0 Å². The Hall–Kier alpha value is -3.80. The molecule has 1 aliphatic heterocycles. The van der Waals surface area contributed by atoms with Crippen LogP contribution in [0.5, 0.6) is 11.5 Å². The third kappa shape index (κ3) is 4.21. The quantitative estimate of drug-likeness (QED) is 0.700. The van der Waals surface area contributed by atoms with E-state index in [1.54, 1.807) is 54.6 Å². The molecule has 0 saturated carbocycles. The zero-order chi connectivity index (χ0) is 20.2. The summed E-state index contributed by atoms with van der Waals surface area (Å²) in [5, 5.41) is 5.67. The minimum Gasteiger partial charge on any atom is -0.486 e. The maximum absolute atomic E-state index is 12.8. The highest BCUT2D eigenvalue weighted by molar-refractivity contribution is 6.12. The van der Waals surface area contributed by atoms with Gasteiger partial charge < -0.3 is 20.1 Å². The normalized spacial score (nSPS) is 12.2. The van der Waals surface area contributed by atoms with E-state index in [0.29, 0.717) is 47.2 Å². The number of amides is 2. The maximum Gasteiger partial charge on any atom is 0.257 e. The lowest BCUT2D eigenvalue weighted by atomic mass is 10.1. The zero-order valence-corrected chi connectivity index (χ0v) is 15.9. The van der Waals surface area contributed by atoms with Crippen molar-refractivity contribution in [2.45, 2.75) is 6.92 Å². The summed E-state index contributed by atoms with van der Waals surface area (Å²) in [6.07, 6.45) is 0. The van der Waals surface area contributed by atoms with Gasteiger partial charge in [0, 0.05) is 17.3 Å². The first-order valence-corrected chi connectivity index (χ1v) is 9.28. The second-order valence-electron chi connectivity index (χ2n) is 6.68. The number of hydrogen-bond acceptors (Lipinski definition) is 4. The Morgan fingerprint density at radius 3 is 2.41 bits per heavy atom. The van der Waals surface area contributed by atoms with E-state index in [1.165, 1.54) is 0 Å². The molecule has 4 rings (SSSR count). The molecule has 6 nitrogen and oxygen atoms in total. The minimum absolute atomic E-state index is 0.270. The summed E-state index contributed by atoms with van der Waals surface area (Å²) in [6, 6.07) is 19.4. The molecule has 2 amide bonds. The lowest BCUT2D eigenvalue weighted by Crippen LogP contribution is -2.19. The lowest BCUT2D eigenvalue weighted by molar-refractivity contribution is 0.102. The summed E-state index contributed by atoms with van der Waals surface area (Å²) in [6.45, 7) is 2.90. The molecule has 0 bridgehead atoms. The van der Waals surface area contributed by atoms with Crippen molar-refractivity contribution in [3.8, 4) is 11.5 Å². The predicted molar refractivity (Wildman–Crippen MR) is 111 cm³/mol. The molecule has 0 saturated heterocycles. The number of benzene rings is 3. The molecule has 0 radical (unpaired) electrons. The summed E-state index contributed by atoms with van der Waals surface area (Å²) in [5.41, 5.74) is 2.91. The van der Waals surface area contributed by atoms with Crippen LogP contribution in [-0.4, -0.2) is 25.0 Å². The average molecular weight is 388 g/mol. The molecule has 0 spiro atoms. The Labute approximate surface area is 168 Å². The predicted octanol–water partition coefficient (Wildman–Crippen LogP) is 4.27. The highest BCUT2D eigenvalue weighted by Gasteiger charge is 2.16. The smallest absolute Gasteiger partial charge is 0.257 e. The molecule has 3 aromatic carbocycles. The number of para-hydroxylation sites is 1. The van der Waals surface area contributed by atoms with E-state index in [0.717, 1.165) is 5.56 Å². The number of fused-ring (bicyclic) bond motifs is 1. The van der Waals surface area contributed by atoms with Crippen molar-refractivity contribution in [2.75, 3.05) is 23.8 Å². The Morgan fingerprint density at radius 1 is 0.793 bits per heavy atom. The van der Waals surface area contributed by atoms with Gasteiger partial charge in [0.1, 0.15) is 13.2 Å². The van der Waals surface area contributed by atoms with Crippen molar-refractivity contribution in [1.29, 1.82) is 0 Å². The lowest BCUT2D eigenvalue weighted by Gasteiger charge is -2.19. The number of nitrogens with one attached hydrogen (secondary N) is 2. The Balaban J connectivity index is 1.53. The molecule has 6 heteroatoms. The molecule has 0 atom stereocenters. The van der Waals surface area contributed by atoms with Gasteiger partial charge in [0.15, 0.2) is 11.5 Å². The van der Waals surface area contributed by atoms with E-state index in [-0.39, 0.29) is 11.8 Å². The van der Waals surface area contributed by atoms with Gasteiger partial charge in [-0.25, -0.2) is 0 Å². The van der Waals surface area contributed by atoms with Crippen LogP contribution in [0.4, 0.5) is 11.4 Å². The van der Waals surface area contributed by atoms with Gasteiger partial charge in [0.2, 0.25) is 0 Å². The van der Waals surface area contributed by atoms with Crippen molar-refractivity contribution < 1.29 is 19.1 Å². The molecule has 0 fully saturated rings. The van der Waals surface area contributed by atoms with Crippen LogP contribution in [0.3, 0.4) is 0 Å².